The molecular formula is C15H23ClO3S. The molecule has 1 unspecified atom stereocenters. The zero-order valence-electron chi connectivity index (χ0n) is 12.7. The van der Waals surface area contributed by atoms with Crippen LogP contribution in [0.1, 0.15) is 51.2 Å². The molecule has 1 rings (SSSR count). The zero-order chi connectivity index (χ0) is 15.5. The quantitative estimate of drug-likeness (QED) is 0.727. The van der Waals surface area contributed by atoms with E-state index in [2.05, 4.69) is 13.8 Å². The Morgan fingerprint density at radius 2 is 1.85 bits per heavy atom. The topological polar surface area (TPSA) is 43.4 Å². The van der Waals surface area contributed by atoms with E-state index in [4.69, 9.17) is 15.4 Å². The predicted octanol–water partition coefficient (Wildman–Crippen LogP) is 4.47. The summed E-state index contributed by atoms with van der Waals surface area (Å²) in [5.74, 6) is 1.26. The molecule has 1 aromatic rings. The van der Waals surface area contributed by atoms with E-state index < -0.39 is 9.05 Å². The van der Waals surface area contributed by atoms with Crippen molar-refractivity contribution in [2.24, 2.45) is 5.92 Å². The van der Waals surface area contributed by atoms with Gasteiger partial charge in [0, 0.05) is 10.7 Å². The van der Waals surface area contributed by atoms with Gasteiger partial charge in [-0.1, -0.05) is 34.1 Å². The van der Waals surface area contributed by atoms with E-state index in [-0.39, 0.29) is 10.8 Å². The summed E-state index contributed by atoms with van der Waals surface area (Å²) in [7, 11) is 1.78. The molecule has 20 heavy (non-hydrogen) atoms. The predicted molar refractivity (Wildman–Crippen MR) is 83.3 cm³/mol. The molecule has 3 nitrogen and oxygen atoms in total. The summed E-state index contributed by atoms with van der Waals surface area (Å²) < 4.78 is 29.1. The summed E-state index contributed by atoms with van der Waals surface area (Å²) in [6, 6.07) is 3.40. The fourth-order valence-electron chi connectivity index (χ4n) is 1.85. The Morgan fingerprint density at radius 3 is 2.30 bits per heavy atom. The van der Waals surface area contributed by atoms with Gasteiger partial charge in [-0.3, -0.25) is 0 Å². The largest absolute Gasteiger partial charge is 0.493 e. The van der Waals surface area contributed by atoms with E-state index in [9.17, 15) is 8.42 Å². The molecule has 0 saturated carbocycles. The molecule has 1 aromatic carbocycles. The van der Waals surface area contributed by atoms with Gasteiger partial charge in [0.2, 0.25) is 0 Å². The van der Waals surface area contributed by atoms with E-state index in [1.807, 2.05) is 20.8 Å². The maximum Gasteiger partial charge on any atom is 0.261 e. The van der Waals surface area contributed by atoms with Gasteiger partial charge in [0.25, 0.3) is 9.05 Å². The van der Waals surface area contributed by atoms with Crippen LogP contribution in [0, 0.1) is 12.8 Å². The Kier molecular flexibility index (Phi) is 5.90. The molecule has 5 heteroatoms. The van der Waals surface area contributed by atoms with Gasteiger partial charge in [-0.05, 0) is 42.0 Å². The molecule has 114 valence electrons. The van der Waals surface area contributed by atoms with Gasteiger partial charge in [0.1, 0.15) is 5.75 Å². The summed E-state index contributed by atoms with van der Waals surface area (Å²) in [6.45, 7) is 10.6. The van der Waals surface area contributed by atoms with Gasteiger partial charge < -0.3 is 4.74 Å². The van der Waals surface area contributed by atoms with Crippen molar-refractivity contribution in [3.63, 3.8) is 0 Å². The third kappa shape index (κ3) is 4.38. The minimum Gasteiger partial charge on any atom is -0.493 e. The summed E-state index contributed by atoms with van der Waals surface area (Å²) in [6.07, 6.45) is 1.05. The van der Waals surface area contributed by atoms with E-state index in [0.29, 0.717) is 18.1 Å². The maximum absolute atomic E-state index is 11.7. The first-order chi connectivity index (χ1) is 9.16. The molecule has 0 spiro atoms. The maximum atomic E-state index is 11.7. The molecule has 0 saturated heterocycles. The average molecular weight is 319 g/mol. The fraction of sp³-hybridized carbons (Fsp3) is 0.600. The first-order valence-electron chi connectivity index (χ1n) is 6.88. The van der Waals surface area contributed by atoms with Crippen molar-refractivity contribution in [2.45, 2.75) is 51.9 Å². The van der Waals surface area contributed by atoms with Crippen molar-refractivity contribution in [1.82, 2.24) is 0 Å². The molecule has 0 amide bonds. The van der Waals surface area contributed by atoms with E-state index in [0.717, 1.165) is 17.7 Å². The van der Waals surface area contributed by atoms with E-state index in [1.54, 1.807) is 12.1 Å². The Morgan fingerprint density at radius 1 is 1.25 bits per heavy atom. The molecule has 0 aliphatic heterocycles. The number of ether oxygens (including phenoxy) is 1. The lowest BCUT2D eigenvalue weighted by atomic mass is 10.0. The number of hydrogen-bond acceptors (Lipinski definition) is 3. The van der Waals surface area contributed by atoms with Gasteiger partial charge in [0.05, 0.1) is 11.5 Å². The van der Waals surface area contributed by atoms with Gasteiger partial charge in [-0.2, -0.15) is 0 Å². The van der Waals surface area contributed by atoms with Crippen LogP contribution in [0.3, 0.4) is 0 Å². The second-order valence-corrected chi connectivity index (χ2v) is 8.11. The lowest BCUT2D eigenvalue weighted by molar-refractivity contribution is 0.254. The third-order valence-electron chi connectivity index (χ3n) is 3.41. The minimum atomic E-state index is -3.74. The SMILES string of the molecule is CCC(C)COc1cc(C(C)C)c(S(=O)(=O)Cl)cc1C. The van der Waals surface area contributed by atoms with Crippen LogP contribution in [0.2, 0.25) is 0 Å². The highest BCUT2D eigenvalue weighted by Crippen LogP contribution is 2.33. The number of hydrogen-bond donors (Lipinski definition) is 0. The number of aryl methyl sites for hydroxylation is 1. The van der Waals surface area contributed by atoms with Gasteiger partial charge in [0.15, 0.2) is 0 Å². The molecule has 0 radical (unpaired) electrons. The van der Waals surface area contributed by atoms with Crippen LogP contribution in [-0.4, -0.2) is 15.0 Å². The molecule has 0 aliphatic rings. The zero-order valence-corrected chi connectivity index (χ0v) is 14.3. The minimum absolute atomic E-state index is 0.0603. The Hall–Kier alpha value is -0.740. The molecule has 0 aliphatic carbocycles. The van der Waals surface area contributed by atoms with Crippen LogP contribution in [0.4, 0.5) is 0 Å². The molecule has 0 heterocycles. The van der Waals surface area contributed by atoms with Crippen LogP contribution in [0.15, 0.2) is 17.0 Å². The lowest BCUT2D eigenvalue weighted by Gasteiger charge is -2.17. The van der Waals surface area contributed by atoms with Crippen molar-refractivity contribution in [3.8, 4) is 5.75 Å². The van der Waals surface area contributed by atoms with E-state index >= 15 is 0 Å². The third-order valence-corrected chi connectivity index (χ3v) is 4.79. The second kappa shape index (κ2) is 6.81. The first-order valence-corrected chi connectivity index (χ1v) is 9.19. The van der Waals surface area contributed by atoms with Gasteiger partial charge >= 0.3 is 0 Å². The van der Waals surface area contributed by atoms with Gasteiger partial charge in [-0.25, -0.2) is 8.42 Å². The smallest absolute Gasteiger partial charge is 0.261 e. The average Bonchev–Trinajstić information content (AvgIpc) is 2.35. The normalized spacial score (nSPS) is 13.6. The van der Waals surface area contributed by atoms with Crippen molar-refractivity contribution >= 4 is 19.7 Å². The Balaban J connectivity index is 3.21. The Labute approximate surface area is 126 Å². The highest BCUT2D eigenvalue weighted by molar-refractivity contribution is 8.13. The molecule has 1 atom stereocenters. The fourth-order valence-corrected chi connectivity index (χ4v) is 3.14. The van der Waals surface area contributed by atoms with Crippen molar-refractivity contribution in [1.29, 1.82) is 0 Å². The molecular weight excluding hydrogens is 296 g/mol. The van der Waals surface area contributed by atoms with Crippen molar-refractivity contribution in [3.05, 3.63) is 23.3 Å². The standard InChI is InChI=1S/C15H23ClO3S/c1-6-11(4)9-19-14-8-13(10(2)3)15(7-12(14)5)20(16,17)18/h7-8,10-11H,6,9H2,1-5H3. The number of rotatable bonds is 6. The van der Waals surface area contributed by atoms with Crippen LogP contribution >= 0.6 is 10.7 Å². The molecule has 0 aromatic heterocycles. The number of benzene rings is 1. The highest BCUT2D eigenvalue weighted by atomic mass is 35.7. The molecule has 0 bridgehead atoms. The second-order valence-electron chi connectivity index (χ2n) is 5.57. The van der Waals surface area contributed by atoms with Gasteiger partial charge in [-0.15, -0.1) is 0 Å². The van der Waals surface area contributed by atoms with E-state index in [1.165, 1.54) is 0 Å². The highest BCUT2D eigenvalue weighted by Gasteiger charge is 2.20. The van der Waals surface area contributed by atoms with Crippen LogP contribution in [0.5, 0.6) is 5.75 Å². The summed E-state index contributed by atoms with van der Waals surface area (Å²) in [5, 5.41) is 0. The molecule has 0 fully saturated rings. The summed E-state index contributed by atoms with van der Waals surface area (Å²) in [5.41, 5.74) is 1.49. The Bertz CT molecular complexity index is 565. The first kappa shape index (κ1) is 17.3. The molecule has 0 N–H and O–H groups in total. The van der Waals surface area contributed by atoms with Crippen molar-refractivity contribution in [2.75, 3.05) is 6.61 Å². The lowest BCUT2D eigenvalue weighted by Crippen LogP contribution is -2.09. The van der Waals surface area contributed by atoms with Crippen LogP contribution in [-0.2, 0) is 9.05 Å². The number of halogens is 1. The monoisotopic (exact) mass is 318 g/mol. The van der Waals surface area contributed by atoms with Crippen molar-refractivity contribution < 1.29 is 13.2 Å². The van der Waals surface area contributed by atoms with Crippen LogP contribution < -0.4 is 4.74 Å². The summed E-state index contributed by atoms with van der Waals surface area (Å²) in [4.78, 5) is 0.183. The summed E-state index contributed by atoms with van der Waals surface area (Å²) >= 11 is 0. The van der Waals surface area contributed by atoms with Crippen LogP contribution in [0.25, 0.3) is 0 Å².